The second kappa shape index (κ2) is 5.24. The molecule has 0 saturated carbocycles. The number of methoxy groups -OCH3 is 1. The van der Waals surface area contributed by atoms with Crippen LogP contribution in [0.15, 0.2) is 24.3 Å². The van der Waals surface area contributed by atoms with E-state index in [2.05, 4.69) is 9.84 Å². The van der Waals surface area contributed by atoms with Gasteiger partial charge < -0.3 is 10.5 Å². The number of aromatic nitrogens is 2. The Kier molecular flexibility index (Phi) is 3.66. The van der Waals surface area contributed by atoms with Crippen molar-refractivity contribution in [1.82, 2.24) is 9.78 Å². The van der Waals surface area contributed by atoms with Gasteiger partial charge in [-0.25, -0.2) is 9.48 Å². The number of hydrogen-bond acceptors (Lipinski definition) is 4. The minimum atomic E-state index is -0.345. The quantitative estimate of drug-likeness (QED) is 0.852. The fourth-order valence-electron chi connectivity index (χ4n) is 2.08. The van der Waals surface area contributed by atoms with Crippen molar-refractivity contribution in [3.63, 3.8) is 0 Å². The molecule has 0 fully saturated rings. The van der Waals surface area contributed by atoms with Gasteiger partial charge in [-0.1, -0.05) is 0 Å². The van der Waals surface area contributed by atoms with Crippen molar-refractivity contribution < 1.29 is 9.53 Å². The zero-order valence-electron chi connectivity index (χ0n) is 11.3. The molecule has 2 rings (SSSR count). The summed E-state index contributed by atoms with van der Waals surface area (Å²) < 4.78 is 6.50. The molecule has 0 bridgehead atoms. The van der Waals surface area contributed by atoms with E-state index in [9.17, 15) is 4.79 Å². The summed E-state index contributed by atoms with van der Waals surface area (Å²) in [6.45, 7) is 4.39. The molecule has 0 aliphatic heterocycles. The lowest BCUT2D eigenvalue weighted by Gasteiger charge is -2.06. The number of carbonyl (C=O) groups excluding carboxylic acids is 1. The fraction of sp³-hybridized carbons (Fsp3) is 0.286. The van der Waals surface area contributed by atoms with E-state index in [1.165, 1.54) is 7.11 Å². The number of esters is 1. The Bertz CT molecular complexity index is 600. The van der Waals surface area contributed by atoms with Crippen molar-refractivity contribution >= 4 is 5.97 Å². The lowest BCUT2D eigenvalue weighted by molar-refractivity contribution is 0.0601. The zero-order chi connectivity index (χ0) is 14.0. The number of nitrogens with two attached hydrogens (primary N) is 1. The molecular formula is C14H17N3O2. The Morgan fingerprint density at radius 3 is 2.42 bits per heavy atom. The van der Waals surface area contributed by atoms with E-state index in [1.54, 1.807) is 12.1 Å². The lowest BCUT2D eigenvalue weighted by atomic mass is 10.2. The maximum Gasteiger partial charge on any atom is 0.337 e. The Labute approximate surface area is 112 Å². The van der Waals surface area contributed by atoms with E-state index in [0.717, 1.165) is 22.6 Å². The third kappa shape index (κ3) is 2.37. The summed E-state index contributed by atoms with van der Waals surface area (Å²) in [7, 11) is 1.37. The Hall–Kier alpha value is -2.14. The van der Waals surface area contributed by atoms with Crippen molar-refractivity contribution in [1.29, 1.82) is 0 Å². The minimum absolute atomic E-state index is 0.345. The third-order valence-corrected chi connectivity index (χ3v) is 3.18. The van der Waals surface area contributed by atoms with E-state index in [-0.39, 0.29) is 5.97 Å². The summed E-state index contributed by atoms with van der Waals surface area (Å²) in [4.78, 5) is 11.4. The Morgan fingerprint density at radius 2 is 1.95 bits per heavy atom. The van der Waals surface area contributed by atoms with Crippen LogP contribution >= 0.6 is 0 Å². The highest BCUT2D eigenvalue weighted by atomic mass is 16.5. The van der Waals surface area contributed by atoms with Gasteiger partial charge in [-0.15, -0.1) is 0 Å². The first-order valence-electron chi connectivity index (χ1n) is 6.02. The van der Waals surface area contributed by atoms with Crippen LogP contribution in [-0.2, 0) is 11.3 Å². The van der Waals surface area contributed by atoms with Crippen molar-refractivity contribution in [2.24, 2.45) is 5.73 Å². The number of rotatable bonds is 3. The van der Waals surface area contributed by atoms with E-state index in [1.807, 2.05) is 30.7 Å². The van der Waals surface area contributed by atoms with Gasteiger partial charge in [0.1, 0.15) is 0 Å². The first-order chi connectivity index (χ1) is 9.08. The highest BCUT2D eigenvalue weighted by Gasteiger charge is 2.12. The van der Waals surface area contributed by atoms with Crippen molar-refractivity contribution in [2.75, 3.05) is 7.11 Å². The number of ether oxygens (including phenoxy) is 1. The van der Waals surface area contributed by atoms with Gasteiger partial charge in [0.15, 0.2) is 0 Å². The van der Waals surface area contributed by atoms with Crippen LogP contribution in [-0.4, -0.2) is 22.9 Å². The normalized spacial score (nSPS) is 10.5. The highest BCUT2D eigenvalue weighted by Crippen LogP contribution is 2.18. The Morgan fingerprint density at radius 1 is 1.32 bits per heavy atom. The van der Waals surface area contributed by atoms with Crippen molar-refractivity contribution in [2.45, 2.75) is 20.4 Å². The van der Waals surface area contributed by atoms with Gasteiger partial charge >= 0.3 is 5.97 Å². The second-order valence-corrected chi connectivity index (χ2v) is 4.30. The standard InChI is InChI=1S/C14H17N3O2/c1-9-13(8-15)10(2)17(16-9)12-6-4-11(5-7-12)14(18)19-3/h4-7H,8,15H2,1-3H3. The van der Waals surface area contributed by atoms with Crippen LogP contribution in [0.1, 0.15) is 27.3 Å². The summed E-state index contributed by atoms with van der Waals surface area (Å²) in [6.07, 6.45) is 0. The van der Waals surface area contributed by atoms with Crippen LogP contribution in [0.25, 0.3) is 5.69 Å². The fourth-order valence-corrected chi connectivity index (χ4v) is 2.08. The monoisotopic (exact) mass is 259 g/mol. The molecule has 19 heavy (non-hydrogen) atoms. The molecule has 0 aliphatic rings. The summed E-state index contributed by atoms with van der Waals surface area (Å²) in [5.41, 5.74) is 10.1. The SMILES string of the molecule is COC(=O)c1ccc(-n2nc(C)c(CN)c2C)cc1. The summed E-state index contributed by atoms with van der Waals surface area (Å²) in [5.74, 6) is -0.345. The topological polar surface area (TPSA) is 70.1 Å². The molecule has 0 amide bonds. The van der Waals surface area contributed by atoms with Crippen LogP contribution in [0.3, 0.4) is 0 Å². The summed E-state index contributed by atoms with van der Waals surface area (Å²) in [5, 5.41) is 4.47. The average Bonchev–Trinajstić information content (AvgIpc) is 2.72. The number of nitrogens with zero attached hydrogens (tertiary/aromatic N) is 2. The number of benzene rings is 1. The Balaban J connectivity index is 2.40. The molecule has 0 aliphatic carbocycles. The molecule has 0 spiro atoms. The lowest BCUT2D eigenvalue weighted by Crippen LogP contribution is -2.04. The van der Waals surface area contributed by atoms with Gasteiger partial charge in [0.25, 0.3) is 0 Å². The largest absolute Gasteiger partial charge is 0.465 e. The second-order valence-electron chi connectivity index (χ2n) is 4.30. The van der Waals surface area contributed by atoms with Crippen molar-refractivity contribution in [3.05, 3.63) is 46.8 Å². The van der Waals surface area contributed by atoms with E-state index >= 15 is 0 Å². The molecule has 5 heteroatoms. The third-order valence-electron chi connectivity index (χ3n) is 3.18. The predicted molar refractivity (Wildman–Crippen MR) is 72.3 cm³/mol. The number of hydrogen-bond donors (Lipinski definition) is 1. The van der Waals surface area contributed by atoms with Crippen LogP contribution in [0.4, 0.5) is 0 Å². The van der Waals surface area contributed by atoms with Gasteiger partial charge in [0, 0.05) is 17.8 Å². The molecule has 0 atom stereocenters. The molecule has 1 heterocycles. The van der Waals surface area contributed by atoms with E-state index in [4.69, 9.17) is 5.73 Å². The van der Waals surface area contributed by atoms with Crippen LogP contribution in [0.2, 0.25) is 0 Å². The zero-order valence-corrected chi connectivity index (χ0v) is 11.3. The number of aryl methyl sites for hydroxylation is 1. The van der Waals surface area contributed by atoms with Crippen LogP contribution in [0.5, 0.6) is 0 Å². The van der Waals surface area contributed by atoms with Crippen LogP contribution in [0, 0.1) is 13.8 Å². The molecule has 0 saturated heterocycles. The van der Waals surface area contributed by atoms with Gasteiger partial charge in [0.05, 0.1) is 24.1 Å². The minimum Gasteiger partial charge on any atom is -0.465 e. The van der Waals surface area contributed by atoms with Crippen LogP contribution < -0.4 is 5.73 Å². The first-order valence-corrected chi connectivity index (χ1v) is 6.02. The summed E-state index contributed by atoms with van der Waals surface area (Å²) in [6, 6.07) is 7.12. The predicted octanol–water partition coefficient (Wildman–Crippen LogP) is 1.73. The molecule has 100 valence electrons. The molecule has 2 N–H and O–H groups in total. The maximum atomic E-state index is 11.4. The average molecular weight is 259 g/mol. The molecule has 2 aromatic rings. The highest BCUT2D eigenvalue weighted by molar-refractivity contribution is 5.89. The first kappa shape index (κ1) is 13.3. The molecule has 1 aromatic heterocycles. The van der Waals surface area contributed by atoms with Gasteiger partial charge in [0.2, 0.25) is 0 Å². The molecular weight excluding hydrogens is 242 g/mol. The molecule has 5 nitrogen and oxygen atoms in total. The maximum absolute atomic E-state index is 11.4. The van der Waals surface area contributed by atoms with Gasteiger partial charge in [-0.2, -0.15) is 5.10 Å². The smallest absolute Gasteiger partial charge is 0.337 e. The number of carbonyl (C=O) groups is 1. The van der Waals surface area contributed by atoms with E-state index in [0.29, 0.717) is 12.1 Å². The summed E-state index contributed by atoms with van der Waals surface area (Å²) >= 11 is 0. The molecule has 0 unspecified atom stereocenters. The van der Waals surface area contributed by atoms with Gasteiger partial charge in [-0.05, 0) is 38.1 Å². The van der Waals surface area contributed by atoms with Gasteiger partial charge in [-0.3, -0.25) is 0 Å². The molecule has 0 radical (unpaired) electrons. The van der Waals surface area contributed by atoms with Crippen molar-refractivity contribution in [3.8, 4) is 5.69 Å². The van der Waals surface area contributed by atoms with E-state index < -0.39 is 0 Å². The molecule has 1 aromatic carbocycles.